The SMILES string of the molecule is CN(C)Cc1c([O-])ccc2c1OC(=Cc1cccc(N(O)O)c1)C2=O. The van der Waals surface area contributed by atoms with Crippen molar-refractivity contribution in [2.75, 3.05) is 19.3 Å². The predicted molar refractivity (Wildman–Crippen MR) is 88.7 cm³/mol. The standard InChI is InChI=1S/C18H18N2O5/c1-19(2)10-14-15(21)7-6-13-17(22)16(25-18(13)14)9-11-4-3-5-12(8-11)20(23)24/h3-9,21,23-24H,10H2,1-2H3/p-1. The van der Waals surface area contributed by atoms with Crippen LogP contribution in [-0.4, -0.2) is 35.2 Å². The second-order valence-electron chi connectivity index (χ2n) is 5.98. The van der Waals surface area contributed by atoms with E-state index in [0.717, 1.165) is 0 Å². The van der Waals surface area contributed by atoms with E-state index < -0.39 is 0 Å². The van der Waals surface area contributed by atoms with Gasteiger partial charge in [0, 0.05) is 12.1 Å². The minimum Gasteiger partial charge on any atom is -0.872 e. The fourth-order valence-electron chi connectivity index (χ4n) is 2.65. The summed E-state index contributed by atoms with van der Waals surface area (Å²) in [6.07, 6.45) is 1.50. The molecule has 2 N–H and O–H groups in total. The molecule has 25 heavy (non-hydrogen) atoms. The van der Waals surface area contributed by atoms with E-state index >= 15 is 0 Å². The Labute approximate surface area is 144 Å². The number of rotatable bonds is 4. The molecule has 1 aliphatic heterocycles. The van der Waals surface area contributed by atoms with Gasteiger partial charge in [0.05, 0.1) is 11.3 Å². The Morgan fingerprint density at radius 1 is 1.20 bits per heavy atom. The molecule has 0 spiro atoms. The van der Waals surface area contributed by atoms with Crippen molar-refractivity contribution in [2.45, 2.75) is 6.54 Å². The summed E-state index contributed by atoms with van der Waals surface area (Å²) in [4.78, 5) is 14.4. The average molecular weight is 341 g/mol. The van der Waals surface area contributed by atoms with E-state index in [1.807, 2.05) is 19.0 Å². The van der Waals surface area contributed by atoms with Crippen LogP contribution in [-0.2, 0) is 6.54 Å². The van der Waals surface area contributed by atoms with Gasteiger partial charge in [-0.1, -0.05) is 18.2 Å². The van der Waals surface area contributed by atoms with Crippen molar-refractivity contribution in [3.8, 4) is 11.5 Å². The second-order valence-corrected chi connectivity index (χ2v) is 5.98. The number of carbonyl (C=O) groups excluding carboxylic acids is 1. The molecular formula is C18H17N2O5-. The summed E-state index contributed by atoms with van der Waals surface area (Å²) in [5.41, 5.74) is 1.49. The molecule has 2 aromatic carbocycles. The van der Waals surface area contributed by atoms with Crippen molar-refractivity contribution >= 4 is 17.5 Å². The fourth-order valence-corrected chi connectivity index (χ4v) is 2.65. The number of Topliss-reactive ketones (excluding diaryl/α,β-unsaturated/α-hetero) is 1. The lowest BCUT2D eigenvalue weighted by Gasteiger charge is -2.19. The summed E-state index contributed by atoms with van der Waals surface area (Å²) < 4.78 is 5.68. The van der Waals surface area contributed by atoms with Crippen LogP contribution in [0.5, 0.6) is 11.5 Å². The van der Waals surface area contributed by atoms with Gasteiger partial charge in [0.2, 0.25) is 5.78 Å². The Hall–Kier alpha value is -2.87. The molecule has 0 amide bonds. The number of fused-ring (bicyclic) bond motifs is 1. The van der Waals surface area contributed by atoms with Crippen molar-refractivity contribution in [1.29, 1.82) is 0 Å². The van der Waals surface area contributed by atoms with Crippen LogP contribution in [0.15, 0.2) is 42.2 Å². The lowest BCUT2D eigenvalue weighted by atomic mass is 10.0. The van der Waals surface area contributed by atoms with E-state index in [1.54, 1.807) is 12.1 Å². The quantitative estimate of drug-likeness (QED) is 0.649. The van der Waals surface area contributed by atoms with Gasteiger partial charge in [-0.15, -0.1) is 11.0 Å². The normalized spacial score (nSPS) is 14.8. The van der Waals surface area contributed by atoms with Crippen molar-refractivity contribution < 1.29 is 25.1 Å². The fraction of sp³-hybridized carbons (Fsp3) is 0.167. The molecule has 3 rings (SSSR count). The highest BCUT2D eigenvalue weighted by molar-refractivity contribution is 6.15. The molecule has 130 valence electrons. The number of allylic oxidation sites excluding steroid dienone is 1. The van der Waals surface area contributed by atoms with Crippen molar-refractivity contribution in [3.63, 3.8) is 0 Å². The maximum Gasteiger partial charge on any atom is 0.231 e. The van der Waals surface area contributed by atoms with E-state index in [1.165, 1.54) is 30.3 Å². The first-order valence-electron chi connectivity index (χ1n) is 7.56. The molecule has 2 aromatic rings. The number of carbonyl (C=O) groups is 1. The lowest BCUT2D eigenvalue weighted by molar-refractivity contribution is -0.269. The monoisotopic (exact) mass is 341 g/mol. The van der Waals surface area contributed by atoms with E-state index in [-0.39, 0.29) is 28.2 Å². The Morgan fingerprint density at radius 3 is 2.64 bits per heavy atom. The van der Waals surface area contributed by atoms with Gasteiger partial charge in [-0.2, -0.15) is 0 Å². The number of nitrogens with zero attached hydrogens (tertiary/aromatic N) is 2. The Bertz CT molecular complexity index is 859. The first-order valence-corrected chi connectivity index (χ1v) is 7.56. The Morgan fingerprint density at radius 2 is 1.96 bits per heavy atom. The third kappa shape index (κ3) is 3.34. The lowest BCUT2D eigenvalue weighted by Crippen LogP contribution is -2.13. The number of anilines is 1. The van der Waals surface area contributed by atoms with Gasteiger partial charge < -0.3 is 14.7 Å². The van der Waals surface area contributed by atoms with Crippen LogP contribution in [0, 0.1) is 0 Å². The Kier molecular flexibility index (Phi) is 4.45. The molecule has 0 saturated carbocycles. The molecule has 0 fully saturated rings. The van der Waals surface area contributed by atoms with Gasteiger partial charge >= 0.3 is 0 Å². The number of benzene rings is 2. The maximum absolute atomic E-state index is 12.6. The first-order chi connectivity index (χ1) is 11.9. The molecule has 0 unspecified atom stereocenters. The van der Waals surface area contributed by atoms with E-state index in [9.17, 15) is 9.90 Å². The van der Waals surface area contributed by atoms with Crippen LogP contribution in [0.3, 0.4) is 0 Å². The molecule has 0 aliphatic carbocycles. The predicted octanol–water partition coefficient (Wildman–Crippen LogP) is 2.02. The number of ether oxygens (including phenoxy) is 1. The van der Waals surface area contributed by atoms with Crippen LogP contribution < -0.4 is 15.1 Å². The smallest absolute Gasteiger partial charge is 0.231 e. The summed E-state index contributed by atoms with van der Waals surface area (Å²) in [6.45, 7) is 0.363. The van der Waals surface area contributed by atoms with E-state index in [0.29, 0.717) is 29.0 Å². The highest BCUT2D eigenvalue weighted by Gasteiger charge is 2.29. The zero-order chi connectivity index (χ0) is 18.1. The minimum absolute atomic E-state index is 0.00697. The minimum atomic E-state index is -0.315. The molecule has 0 atom stereocenters. The topological polar surface area (TPSA) is 96.3 Å². The molecule has 7 nitrogen and oxygen atoms in total. The zero-order valence-corrected chi connectivity index (χ0v) is 13.8. The highest BCUT2D eigenvalue weighted by atomic mass is 16.8. The molecule has 0 saturated heterocycles. The van der Waals surface area contributed by atoms with Crippen LogP contribution in [0.4, 0.5) is 5.69 Å². The van der Waals surface area contributed by atoms with Gasteiger partial charge in [0.25, 0.3) is 0 Å². The molecule has 1 aliphatic rings. The number of hydrogen-bond acceptors (Lipinski definition) is 7. The summed E-state index contributed by atoms with van der Waals surface area (Å²) in [7, 11) is 3.65. The van der Waals surface area contributed by atoms with Crippen LogP contribution >= 0.6 is 0 Å². The molecular weight excluding hydrogens is 324 g/mol. The molecule has 0 bridgehead atoms. The molecule has 1 heterocycles. The molecule has 7 heteroatoms. The van der Waals surface area contributed by atoms with Crippen molar-refractivity contribution in [2.24, 2.45) is 0 Å². The second kappa shape index (κ2) is 6.56. The summed E-state index contributed by atoms with van der Waals surface area (Å²) >= 11 is 0. The zero-order valence-electron chi connectivity index (χ0n) is 13.8. The van der Waals surface area contributed by atoms with Gasteiger partial charge in [-0.05, 0) is 43.9 Å². The summed E-state index contributed by atoms with van der Waals surface area (Å²) in [5.74, 6) is -0.121. The number of ketones is 1. The summed E-state index contributed by atoms with van der Waals surface area (Å²) in [5, 5.41) is 30.3. The highest BCUT2D eigenvalue weighted by Crippen LogP contribution is 2.39. The van der Waals surface area contributed by atoms with Gasteiger partial charge in [0.15, 0.2) is 5.76 Å². The van der Waals surface area contributed by atoms with Crippen molar-refractivity contribution in [3.05, 3.63) is 58.8 Å². The first kappa shape index (κ1) is 17.0. The van der Waals surface area contributed by atoms with Crippen LogP contribution in [0.1, 0.15) is 21.5 Å². The van der Waals surface area contributed by atoms with Crippen molar-refractivity contribution in [1.82, 2.24) is 4.90 Å². The summed E-state index contributed by atoms with van der Waals surface area (Å²) in [6, 6.07) is 9.12. The largest absolute Gasteiger partial charge is 0.872 e. The van der Waals surface area contributed by atoms with Crippen LogP contribution in [0.2, 0.25) is 0 Å². The third-order valence-corrected chi connectivity index (χ3v) is 3.77. The third-order valence-electron chi connectivity index (χ3n) is 3.77. The van der Waals surface area contributed by atoms with E-state index in [4.69, 9.17) is 15.2 Å². The Balaban J connectivity index is 1.99. The van der Waals surface area contributed by atoms with Crippen LogP contribution in [0.25, 0.3) is 6.08 Å². The van der Waals surface area contributed by atoms with Gasteiger partial charge in [-0.3, -0.25) is 15.2 Å². The average Bonchev–Trinajstić information content (AvgIpc) is 2.87. The maximum atomic E-state index is 12.6. The van der Waals surface area contributed by atoms with Gasteiger partial charge in [0.1, 0.15) is 5.75 Å². The van der Waals surface area contributed by atoms with Gasteiger partial charge in [-0.25, -0.2) is 0 Å². The molecule has 0 radical (unpaired) electrons. The van der Waals surface area contributed by atoms with E-state index in [2.05, 4.69) is 0 Å². The number of hydrogen-bond donors (Lipinski definition) is 2. The molecule has 0 aromatic heterocycles.